The number of alkyl halides is 1. The fraction of sp³-hybridized carbons (Fsp3) is 0.483. The molecule has 0 radical (unpaired) electrons. The number of nitrogens with zero attached hydrogens (tertiary/aromatic N) is 2. The standard InChI is InChI=1S/C29H37F2N3O3/c1-19-18-22-21-8-5-6-9-24(21)32-28(22)29(34(19)15-12-26(35)36-4)27-20(2)25(11-10-23(27)31)37-17-16-33(3)14-7-13-30/h5-6,8-11,19,29,32H,7,12-18H2,1-4H3/t19-,29-/m1/s1. The van der Waals surface area contributed by atoms with E-state index in [9.17, 15) is 9.18 Å². The molecule has 2 atom stereocenters. The van der Waals surface area contributed by atoms with Crippen LogP contribution in [0.2, 0.25) is 0 Å². The molecule has 2 heterocycles. The molecule has 4 rings (SSSR count). The molecule has 8 heteroatoms. The number of ether oxygens (including phenoxy) is 2. The summed E-state index contributed by atoms with van der Waals surface area (Å²) in [5.74, 6) is 0.0235. The van der Waals surface area contributed by atoms with Gasteiger partial charge in [0.15, 0.2) is 0 Å². The van der Waals surface area contributed by atoms with E-state index < -0.39 is 6.04 Å². The van der Waals surface area contributed by atoms with Crippen LogP contribution in [0.4, 0.5) is 8.78 Å². The number of aromatic nitrogens is 1. The van der Waals surface area contributed by atoms with Gasteiger partial charge < -0.3 is 19.4 Å². The lowest BCUT2D eigenvalue weighted by Crippen LogP contribution is -2.44. The number of likely N-dealkylation sites (N-methyl/N-ethyl adjacent to an activating group) is 1. The van der Waals surface area contributed by atoms with Gasteiger partial charge in [0.05, 0.1) is 26.2 Å². The third-order valence-corrected chi connectivity index (χ3v) is 7.41. The minimum Gasteiger partial charge on any atom is -0.492 e. The Kier molecular flexibility index (Phi) is 8.82. The molecule has 0 saturated carbocycles. The van der Waals surface area contributed by atoms with Crippen molar-refractivity contribution in [1.82, 2.24) is 14.8 Å². The molecular formula is C29H37F2N3O3. The van der Waals surface area contributed by atoms with Gasteiger partial charge in [-0.2, -0.15) is 0 Å². The molecule has 0 fully saturated rings. The van der Waals surface area contributed by atoms with Gasteiger partial charge in [-0.1, -0.05) is 18.2 Å². The highest BCUT2D eigenvalue weighted by atomic mass is 19.1. The lowest BCUT2D eigenvalue weighted by atomic mass is 9.86. The number of nitrogens with one attached hydrogen (secondary N) is 1. The van der Waals surface area contributed by atoms with Crippen molar-refractivity contribution in [2.45, 2.75) is 45.2 Å². The SMILES string of the molecule is COC(=O)CCN1[C@H](c2c(F)ccc(OCCN(C)CCCF)c2C)c2[nH]c3ccccc3c2C[C@H]1C. The second-order valence-corrected chi connectivity index (χ2v) is 9.86. The summed E-state index contributed by atoms with van der Waals surface area (Å²) in [6.45, 7) is 5.83. The van der Waals surface area contributed by atoms with Crippen LogP contribution in [0.25, 0.3) is 10.9 Å². The van der Waals surface area contributed by atoms with E-state index in [0.29, 0.717) is 44.0 Å². The maximum absolute atomic E-state index is 15.7. The van der Waals surface area contributed by atoms with Crippen LogP contribution in [0.3, 0.4) is 0 Å². The van der Waals surface area contributed by atoms with Gasteiger partial charge in [-0.05, 0) is 63.1 Å². The van der Waals surface area contributed by atoms with Gasteiger partial charge in [0.1, 0.15) is 18.2 Å². The van der Waals surface area contributed by atoms with E-state index in [4.69, 9.17) is 9.47 Å². The smallest absolute Gasteiger partial charge is 0.306 e. The number of esters is 1. The predicted octanol–water partition coefficient (Wildman–Crippen LogP) is 5.18. The minimum absolute atomic E-state index is 0.0777. The molecule has 3 aromatic rings. The molecule has 1 aliphatic rings. The van der Waals surface area contributed by atoms with Crippen LogP contribution in [0.5, 0.6) is 5.75 Å². The van der Waals surface area contributed by atoms with E-state index in [1.54, 1.807) is 6.07 Å². The Bertz CT molecular complexity index is 1230. The van der Waals surface area contributed by atoms with Crippen LogP contribution >= 0.6 is 0 Å². The predicted molar refractivity (Wildman–Crippen MR) is 141 cm³/mol. The van der Waals surface area contributed by atoms with Gasteiger partial charge in [-0.15, -0.1) is 0 Å². The average Bonchev–Trinajstić information content (AvgIpc) is 3.26. The highest BCUT2D eigenvalue weighted by Gasteiger charge is 2.38. The number of rotatable bonds is 11. The number of aromatic amines is 1. The number of halogens is 2. The molecule has 0 bridgehead atoms. The highest BCUT2D eigenvalue weighted by molar-refractivity contribution is 5.85. The molecule has 0 saturated heterocycles. The van der Waals surface area contributed by atoms with Gasteiger partial charge in [-0.25, -0.2) is 4.39 Å². The Hall–Kier alpha value is -2.97. The summed E-state index contributed by atoms with van der Waals surface area (Å²) in [5, 5.41) is 1.14. The summed E-state index contributed by atoms with van der Waals surface area (Å²) in [4.78, 5) is 19.8. The number of H-pyrrole nitrogens is 1. The maximum atomic E-state index is 15.7. The van der Waals surface area contributed by atoms with Gasteiger partial charge in [-0.3, -0.25) is 14.1 Å². The largest absolute Gasteiger partial charge is 0.492 e. The average molecular weight is 514 g/mol. The van der Waals surface area contributed by atoms with E-state index >= 15 is 4.39 Å². The topological polar surface area (TPSA) is 57.8 Å². The molecule has 2 aromatic carbocycles. The van der Waals surface area contributed by atoms with Gasteiger partial charge >= 0.3 is 5.97 Å². The van der Waals surface area contributed by atoms with Crippen molar-refractivity contribution >= 4 is 16.9 Å². The molecule has 0 spiro atoms. The zero-order valence-electron chi connectivity index (χ0n) is 22.2. The highest BCUT2D eigenvalue weighted by Crippen LogP contribution is 2.44. The zero-order valence-corrected chi connectivity index (χ0v) is 22.2. The molecule has 200 valence electrons. The fourth-order valence-corrected chi connectivity index (χ4v) is 5.41. The van der Waals surface area contributed by atoms with E-state index in [2.05, 4.69) is 22.9 Å². The maximum Gasteiger partial charge on any atom is 0.306 e. The van der Waals surface area contributed by atoms with E-state index in [-0.39, 0.29) is 30.9 Å². The molecule has 0 aliphatic carbocycles. The molecule has 1 aliphatic heterocycles. The first kappa shape index (κ1) is 27.1. The molecular weight excluding hydrogens is 476 g/mol. The van der Waals surface area contributed by atoms with Gasteiger partial charge in [0.25, 0.3) is 0 Å². The van der Waals surface area contributed by atoms with Crippen molar-refractivity contribution in [3.63, 3.8) is 0 Å². The Balaban J connectivity index is 1.72. The first-order chi connectivity index (χ1) is 17.8. The van der Waals surface area contributed by atoms with E-state index in [1.807, 2.05) is 37.1 Å². The number of benzene rings is 2. The third-order valence-electron chi connectivity index (χ3n) is 7.41. The number of methoxy groups -OCH3 is 1. The summed E-state index contributed by atoms with van der Waals surface area (Å²) < 4.78 is 39.2. The summed E-state index contributed by atoms with van der Waals surface area (Å²) in [6, 6.07) is 10.9. The Labute approximate surface area is 217 Å². The quantitative estimate of drug-likeness (QED) is 0.358. The van der Waals surface area contributed by atoms with Crippen LogP contribution in [0.15, 0.2) is 36.4 Å². The van der Waals surface area contributed by atoms with Gasteiger partial charge in [0.2, 0.25) is 0 Å². The lowest BCUT2D eigenvalue weighted by Gasteiger charge is -2.41. The molecule has 0 unspecified atom stereocenters. The number of hydrogen-bond acceptors (Lipinski definition) is 5. The number of carbonyl (C=O) groups is 1. The first-order valence-electron chi connectivity index (χ1n) is 12.9. The zero-order chi connectivity index (χ0) is 26.5. The number of hydrogen-bond donors (Lipinski definition) is 1. The van der Waals surface area contributed by atoms with Gasteiger partial charge in [0, 0.05) is 47.8 Å². The summed E-state index contributed by atoms with van der Waals surface area (Å²) in [7, 11) is 3.32. The van der Waals surface area contributed by atoms with Crippen LogP contribution in [0.1, 0.15) is 48.2 Å². The van der Waals surface area contributed by atoms with Crippen LogP contribution in [-0.4, -0.2) is 73.9 Å². The molecule has 1 N–H and O–H groups in total. The second-order valence-electron chi connectivity index (χ2n) is 9.86. The third kappa shape index (κ3) is 5.80. The summed E-state index contributed by atoms with van der Waals surface area (Å²) >= 11 is 0. The van der Waals surface area contributed by atoms with Crippen molar-refractivity contribution < 1.29 is 23.0 Å². The van der Waals surface area contributed by atoms with Crippen molar-refractivity contribution in [1.29, 1.82) is 0 Å². The van der Waals surface area contributed by atoms with Crippen molar-refractivity contribution in [3.05, 3.63) is 64.6 Å². The van der Waals surface area contributed by atoms with Crippen molar-refractivity contribution in [2.24, 2.45) is 0 Å². The van der Waals surface area contributed by atoms with Crippen LogP contribution < -0.4 is 4.74 Å². The minimum atomic E-state index is -0.411. The van der Waals surface area contributed by atoms with E-state index in [1.165, 1.54) is 18.7 Å². The molecule has 37 heavy (non-hydrogen) atoms. The summed E-state index contributed by atoms with van der Waals surface area (Å²) in [6.07, 6.45) is 1.50. The van der Waals surface area contributed by atoms with Crippen LogP contribution in [0, 0.1) is 12.7 Å². The van der Waals surface area contributed by atoms with E-state index in [0.717, 1.165) is 28.6 Å². The monoisotopic (exact) mass is 513 g/mol. The molecule has 6 nitrogen and oxygen atoms in total. The first-order valence-corrected chi connectivity index (χ1v) is 12.9. The Morgan fingerprint density at radius 3 is 2.76 bits per heavy atom. The fourth-order valence-electron chi connectivity index (χ4n) is 5.41. The summed E-state index contributed by atoms with van der Waals surface area (Å²) in [5.41, 5.74) is 4.43. The second kappa shape index (κ2) is 12.0. The van der Waals surface area contributed by atoms with Crippen molar-refractivity contribution in [3.8, 4) is 5.75 Å². The van der Waals surface area contributed by atoms with Crippen molar-refractivity contribution in [2.75, 3.05) is 47.1 Å². The number of carbonyl (C=O) groups excluding carboxylic acids is 1. The molecule has 0 amide bonds. The number of para-hydroxylation sites is 1. The molecule has 1 aromatic heterocycles. The Morgan fingerprint density at radius 1 is 1.22 bits per heavy atom. The number of fused-ring (bicyclic) bond motifs is 3. The lowest BCUT2D eigenvalue weighted by molar-refractivity contribution is -0.141. The Morgan fingerprint density at radius 2 is 2.00 bits per heavy atom. The van der Waals surface area contributed by atoms with Crippen LogP contribution in [-0.2, 0) is 16.0 Å². The normalized spacial score (nSPS) is 17.8.